The molecule has 69 heavy (non-hydrogen) atoms. The number of hydrogen-bond donors (Lipinski definition) is 4. The number of carbonyl (C=O) groups excluding carboxylic acids is 4. The van der Waals surface area contributed by atoms with Gasteiger partial charge in [-0.2, -0.15) is 0 Å². The molecule has 12 nitrogen and oxygen atoms in total. The van der Waals surface area contributed by atoms with E-state index < -0.39 is 65.4 Å². The zero-order chi connectivity index (χ0) is 50.0. The van der Waals surface area contributed by atoms with Crippen LogP contribution in [0.4, 0.5) is 37.7 Å². The van der Waals surface area contributed by atoms with Crippen molar-refractivity contribution in [3.63, 3.8) is 0 Å². The Hall–Kier alpha value is -8.22. The van der Waals surface area contributed by atoms with Crippen LogP contribution in [0.3, 0.4) is 0 Å². The van der Waals surface area contributed by atoms with E-state index in [1.165, 1.54) is 66.8 Å². The van der Waals surface area contributed by atoms with Crippen molar-refractivity contribution >= 4 is 47.0 Å². The van der Waals surface area contributed by atoms with Crippen LogP contribution in [0.15, 0.2) is 158 Å². The molecule has 356 valence electrons. The van der Waals surface area contributed by atoms with Gasteiger partial charge in [0.25, 0.3) is 0 Å². The molecule has 0 unspecified atom stereocenters. The molecule has 6 rings (SSSR count). The first-order chi connectivity index (χ1) is 32.5. The SMILES string of the molecule is Nc1ccc(CC(CC(=O)/C=C/c2ccc(OC(=O)c3ccc(OC(F)(F)F)cc3)cc2)(Cc2ccc(N)cc2)C(O)(O)C(=O)/C=C/c2ccc(OC(=O)c3ccc(OC(F)(F)F)cc3)cc2)cc1. The van der Waals surface area contributed by atoms with E-state index >= 15 is 0 Å². The molecule has 0 aliphatic rings. The van der Waals surface area contributed by atoms with E-state index in [-0.39, 0.29) is 35.5 Å². The lowest BCUT2D eigenvalue weighted by molar-refractivity contribution is -0.275. The van der Waals surface area contributed by atoms with Gasteiger partial charge < -0.3 is 40.6 Å². The number of esters is 2. The van der Waals surface area contributed by atoms with E-state index in [9.17, 15) is 55.7 Å². The molecule has 0 aliphatic heterocycles. The monoisotopic (exact) mass is 954 g/mol. The molecule has 0 amide bonds. The van der Waals surface area contributed by atoms with Gasteiger partial charge in [0.05, 0.1) is 11.1 Å². The van der Waals surface area contributed by atoms with E-state index in [0.29, 0.717) is 33.6 Å². The summed E-state index contributed by atoms with van der Waals surface area (Å²) < 4.78 is 93.3. The van der Waals surface area contributed by atoms with E-state index in [0.717, 1.165) is 54.6 Å². The van der Waals surface area contributed by atoms with Gasteiger partial charge in [0.2, 0.25) is 11.6 Å². The highest BCUT2D eigenvalue weighted by Crippen LogP contribution is 2.43. The lowest BCUT2D eigenvalue weighted by Gasteiger charge is -2.42. The van der Waals surface area contributed by atoms with Gasteiger partial charge in [-0.3, -0.25) is 9.59 Å². The van der Waals surface area contributed by atoms with Crippen molar-refractivity contribution in [2.24, 2.45) is 5.41 Å². The Balaban J connectivity index is 1.20. The summed E-state index contributed by atoms with van der Waals surface area (Å²) in [6.07, 6.45) is -6.04. The summed E-state index contributed by atoms with van der Waals surface area (Å²) >= 11 is 0. The summed E-state index contributed by atoms with van der Waals surface area (Å²) in [4.78, 5) is 53.4. The molecule has 6 aromatic carbocycles. The number of benzene rings is 6. The maximum Gasteiger partial charge on any atom is 0.573 e. The minimum atomic E-state index is -4.91. The third-order valence-corrected chi connectivity index (χ3v) is 10.4. The van der Waals surface area contributed by atoms with Crippen LogP contribution in [0, 0.1) is 5.41 Å². The van der Waals surface area contributed by atoms with Gasteiger partial charge in [0, 0.05) is 23.2 Å². The van der Waals surface area contributed by atoms with Gasteiger partial charge in [-0.05, 0) is 144 Å². The second-order valence-electron chi connectivity index (χ2n) is 15.5. The lowest BCUT2D eigenvalue weighted by Crippen LogP contribution is -2.57. The maximum absolute atomic E-state index is 14.1. The predicted octanol–water partition coefficient (Wildman–Crippen LogP) is 9.49. The van der Waals surface area contributed by atoms with Crippen molar-refractivity contribution < 1.29 is 74.7 Å². The molecule has 0 aliphatic carbocycles. The smallest absolute Gasteiger partial charge is 0.423 e. The Morgan fingerprint density at radius 3 is 1.19 bits per heavy atom. The number of anilines is 2. The number of halogens is 6. The third kappa shape index (κ3) is 14.4. The van der Waals surface area contributed by atoms with E-state index in [1.54, 1.807) is 48.5 Å². The quantitative estimate of drug-likeness (QED) is 0.0159. The molecular weight excluding hydrogens is 915 g/mol. The van der Waals surface area contributed by atoms with E-state index in [4.69, 9.17) is 20.9 Å². The Kier molecular flexibility index (Phi) is 15.4. The molecule has 18 heteroatoms. The Morgan fingerprint density at radius 2 is 0.826 bits per heavy atom. The van der Waals surface area contributed by atoms with Crippen molar-refractivity contribution in [2.75, 3.05) is 11.5 Å². The van der Waals surface area contributed by atoms with Gasteiger partial charge in [-0.25, -0.2) is 9.59 Å². The fraction of sp³-hybridized carbons (Fsp3) is 0.137. The number of allylic oxidation sites excluding steroid dienone is 1. The van der Waals surface area contributed by atoms with Crippen LogP contribution in [0.2, 0.25) is 0 Å². The lowest BCUT2D eigenvalue weighted by atomic mass is 9.65. The normalized spacial score (nSPS) is 12.2. The zero-order valence-corrected chi connectivity index (χ0v) is 35.9. The fourth-order valence-electron chi connectivity index (χ4n) is 6.95. The van der Waals surface area contributed by atoms with Crippen LogP contribution in [0.25, 0.3) is 12.2 Å². The first-order valence-electron chi connectivity index (χ1n) is 20.5. The number of nitrogens with two attached hydrogens (primary N) is 2. The van der Waals surface area contributed by atoms with Gasteiger partial charge >= 0.3 is 24.7 Å². The molecule has 0 saturated heterocycles. The fourth-order valence-corrected chi connectivity index (χ4v) is 6.95. The van der Waals surface area contributed by atoms with Crippen molar-refractivity contribution in [3.8, 4) is 23.0 Å². The van der Waals surface area contributed by atoms with Crippen LogP contribution in [-0.2, 0) is 22.4 Å². The number of aliphatic hydroxyl groups is 2. The van der Waals surface area contributed by atoms with Crippen molar-refractivity contribution in [1.82, 2.24) is 0 Å². The second kappa shape index (κ2) is 21.2. The Bertz CT molecular complexity index is 2760. The minimum Gasteiger partial charge on any atom is -0.423 e. The molecule has 6 aromatic rings. The molecule has 0 aromatic heterocycles. The molecular formula is C51H40F6N2O10. The number of ether oxygens (including phenoxy) is 4. The summed E-state index contributed by atoms with van der Waals surface area (Å²) in [6, 6.07) is 32.5. The second-order valence-corrected chi connectivity index (χ2v) is 15.5. The third-order valence-electron chi connectivity index (χ3n) is 10.4. The first kappa shape index (κ1) is 50.2. The molecule has 0 spiro atoms. The minimum absolute atomic E-state index is 0.0420. The number of hydrogen-bond acceptors (Lipinski definition) is 12. The van der Waals surface area contributed by atoms with Crippen molar-refractivity contribution in [1.29, 1.82) is 0 Å². The first-order valence-corrected chi connectivity index (χ1v) is 20.5. The zero-order valence-electron chi connectivity index (χ0n) is 35.9. The molecule has 0 heterocycles. The number of ketones is 2. The van der Waals surface area contributed by atoms with Crippen LogP contribution in [0.1, 0.15) is 49.4 Å². The predicted molar refractivity (Wildman–Crippen MR) is 240 cm³/mol. The standard InChI is InChI=1S/C51H40F6N2O10/c52-50(53,54)68-43-24-11-36(12-25-43)46(62)66-41-20-6-32(7-21-41)5-19-40(60)31-48(29-34-1-15-38(58)16-2-34,30-35-3-17-39(59)18-4-35)49(64,65)45(61)28-10-33-8-22-42(23-9-33)67-47(63)37-13-26-44(27-14-37)69-51(55,56)57/h1-28,64-65H,29-31,58-59H2/b19-5+,28-10+. The molecule has 0 radical (unpaired) electrons. The van der Waals surface area contributed by atoms with Gasteiger partial charge in [-0.15, -0.1) is 26.3 Å². The van der Waals surface area contributed by atoms with E-state index in [2.05, 4.69) is 9.47 Å². The van der Waals surface area contributed by atoms with Gasteiger partial charge in [0.1, 0.15) is 23.0 Å². The highest BCUT2D eigenvalue weighted by Gasteiger charge is 2.54. The van der Waals surface area contributed by atoms with Crippen LogP contribution < -0.4 is 30.4 Å². The number of rotatable bonds is 18. The topological polar surface area (TPSA) is 198 Å². The summed E-state index contributed by atoms with van der Waals surface area (Å²) in [5, 5.41) is 24.2. The number of nitrogen functional groups attached to an aromatic ring is 2. The highest BCUT2D eigenvalue weighted by atomic mass is 19.4. The number of alkyl halides is 6. The van der Waals surface area contributed by atoms with Gasteiger partial charge in [-0.1, -0.05) is 60.7 Å². The highest BCUT2D eigenvalue weighted by molar-refractivity contribution is 6.01. The van der Waals surface area contributed by atoms with Gasteiger partial charge in [0.15, 0.2) is 5.78 Å². The van der Waals surface area contributed by atoms with Crippen molar-refractivity contribution in [2.45, 2.75) is 37.8 Å². The van der Waals surface area contributed by atoms with E-state index in [1.807, 2.05) is 0 Å². The Morgan fingerprint density at radius 1 is 0.478 bits per heavy atom. The molecule has 0 atom stereocenters. The molecule has 6 N–H and O–H groups in total. The summed E-state index contributed by atoms with van der Waals surface area (Å²) in [7, 11) is 0. The summed E-state index contributed by atoms with van der Waals surface area (Å²) in [6.45, 7) is 0. The van der Waals surface area contributed by atoms with Crippen molar-refractivity contribution in [3.05, 3.63) is 191 Å². The van der Waals surface area contributed by atoms with Crippen LogP contribution in [0.5, 0.6) is 23.0 Å². The maximum atomic E-state index is 14.1. The molecule has 0 fully saturated rings. The molecule has 0 bridgehead atoms. The average molecular weight is 955 g/mol. The molecule has 0 saturated carbocycles. The number of carbonyl (C=O) groups is 4. The summed E-state index contributed by atoms with van der Waals surface area (Å²) in [5.41, 5.74) is 12.4. The largest absolute Gasteiger partial charge is 0.573 e. The van der Waals surface area contributed by atoms with Crippen LogP contribution >= 0.6 is 0 Å². The summed E-state index contributed by atoms with van der Waals surface area (Å²) in [5.74, 6) is -7.70. The van der Waals surface area contributed by atoms with Crippen LogP contribution in [-0.4, -0.2) is 52.2 Å². The average Bonchev–Trinajstić information content (AvgIpc) is 3.29. The Labute approximate surface area is 389 Å².